The van der Waals surface area contributed by atoms with Gasteiger partial charge < -0.3 is 10.2 Å². The zero-order valence-corrected chi connectivity index (χ0v) is 12.1. The highest BCUT2D eigenvalue weighted by molar-refractivity contribution is 7.14. The largest absolute Gasteiger partial charge is 0.335 e. The van der Waals surface area contributed by atoms with Crippen LogP contribution in [0, 0.1) is 13.8 Å². The van der Waals surface area contributed by atoms with Crippen molar-refractivity contribution in [2.45, 2.75) is 25.8 Å². The lowest BCUT2D eigenvalue weighted by Crippen LogP contribution is -2.49. The zero-order valence-electron chi connectivity index (χ0n) is 11.3. The maximum absolute atomic E-state index is 12.4. The van der Waals surface area contributed by atoms with Crippen molar-refractivity contribution < 1.29 is 14.4 Å². The van der Waals surface area contributed by atoms with Crippen LogP contribution in [0.1, 0.15) is 26.5 Å². The van der Waals surface area contributed by atoms with Crippen molar-refractivity contribution in [3.63, 3.8) is 0 Å². The summed E-state index contributed by atoms with van der Waals surface area (Å²) in [5, 5.41) is 4.88. The van der Waals surface area contributed by atoms with Crippen molar-refractivity contribution in [1.82, 2.24) is 15.5 Å². The standard InChI is InChI=1S/C13H15N3O3S/c1-7-5-9(20-8(7)2)10(17)16-4-3-13(6-16)11(18)14-12(19)15-13/h5H,3-4,6H2,1-2H3,(H2,14,15,18,19). The van der Waals surface area contributed by atoms with Crippen molar-refractivity contribution in [2.75, 3.05) is 13.1 Å². The van der Waals surface area contributed by atoms with E-state index < -0.39 is 11.6 Å². The highest BCUT2D eigenvalue weighted by Gasteiger charge is 2.51. The topological polar surface area (TPSA) is 78.5 Å². The normalized spacial score (nSPS) is 25.2. The van der Waals surface area contributed by atoms with E-state index in [9.17, 15) is 14.4 Å². The SMILES string of the molecule is Cc1cc(C(=O)N2CCC3(C2)NC(=O)NC3=O)sc1C. The van der Waals surface area contributed by atoms with Crippen LogP contribution >= 0.6 is 11.3 Å². The first-order valence-electron chi connectivity index (χ1n) is 6.41. The molecule has 1 unspecified atom stereocenters. The van der Waals surface area contributed by atoms with Gasteiger partial charge in [0.2, 0.25) is 0 Å². The summed E-state index contributed by atoms with van der Waals surface area (Å²) >= 11 is 1.46. The van der Waals surface area contributed by atoms with Gasteiger partial charge in [-0.3, -0.25) is 14.9 Å². The number of rotatable bonds is 1. The van der Waals surface area contributed by atoms with Crippen molar-refractivity contribution in [1.29, 1.82) is 0 Å². The molecule has 2 N–H and O–H groups in total. The smallest absolute Gasteiger partial charge is 0.322 e. The molecule has 0 radical (unpaired) electrons. The fourth-order valence-corrected chi connectivity index (χ4v) is 3.63. The molecule has 1 atom stereocenters. The third-order valence-electron chi connectivity index (χ3n) is 3.95. The Morgan fingerprint density at radius 2 is 2.15 bits per heavy atom. The molecule has 0 bridgehead atoms. The summed E-state index contributed by atoms with van der Waals surface area (Å²) in [7, 11) is 0. The van der Waals surface area contributed by atoms with Crippen molar-refractivity contribution in [3.05, 3.63) is 21.4 Å². The van der Waals surface area contributed by atoms with Gasteiger partial charge in [0.25, 0.3) is 11.8 Å². The van der Waals surface area contributed by atoms with E-state index in [1.165, 1.54) is 11.3 Å². The quantitative estimate of drug-likeness (QED) is 0.751. The van der Waals surface area contributed by atoms with Gasteiger partial charge in [-0.15, -0.1) is 11.3 Å². The summed E-state index contributed by atoms with van der Waals surface area (Å²) in [6, 6.07) is 1.40. The Balaban J connectivity index is 1.79. The lowest BCUT2D eigenvalue weighted by Gasteiger charge is -2.20. The van der Waals surface area contributed by atoms with E-state index in [4.69, 9.17) is 0 Å². The predicted molar refractivity (Wildman–Crippen MR) is 73.7 cm³/mol. The first-order valence-corrected chi connectivity index (χ1v) is 7.23. The molecule has 3 heterocycles. The number of hydrogen-bond acceptors (Lipinski definition) is 4. The van der Waals surface area contributed by atoms with Crippen molar-refractivity contribution in [3.8, 4) is 0 Å². The maximum Gasteiger partial charge on any atom is 0.322 e. The number of nitrogens with one attached hydrogen (secondary N) is 2. The van der Waals surface area contributed by atoms with E-state index >= 15 is 0 Å². The van der Waals surface area contributed by atoms with Gasteiger partial charge in [-0.25, -0.2) is 4.79 Å². The van der Waals surface area contributed by atoms with Gasteiger partial charge in [-0.2, -0.15) is 0 Å². The molecule has 2 aliphatic heterocycles. The van der Waals surface area contributed by atoms with E-state index in [0.717, 1.165) is 10.4 Å². The molecule has 1 aromatic rings. The second kappa shape index (κ2) is 4.31. The number of thiophene rings is 1. The molecule has 2 aliphatic rings. The first-order chi connectivity index (χ1) is 9.41. The third kappa shape index (κ3) is 1.89. The highest BCUT2D eigenvalue weighted by atomic mass is 32.1. The van der Waals surface area contributed by atoms with Crippen LogP contribution in [0.2, 0.25) is 0 Å². The van der Waals surface area contributed by atoms with Crippen LogP contribution in [-0.4, -0.2) is 41.4 Å². The van der Waals surface area contributed by atoms with Crippen LogP contribution < -0.4 is 10.6 Å². The molecule has 1 aromatic heterocycles. The molecular formula is C13H15N3O3S. The molecule has 2 saturated heterocycles. The van der Waals surface area contributed by atoms with E-state index in [1.54, 1.807) is 4.90 Å². The molecule has 6 nitrogen and oxygen atoms in total. The van der Waals surface area contributed by atoms with Crippen LogP contribution in [0.3, 0.4) is 0 Å². The number of imide groups is 1. The average molecular weight is 293 g/mol. The minimum absolute atomic E-state index is 0.0722. The Morgan fingerprint density at radius 3 is 2.70 bits per heavy atom. The number of carbonyl (C=O) groups excluding carboxylic acids is 3. The summed E-state index contributed by atoms with van der Waals surface area (Å²) in [4.78, 5) is 39.0. The minimum Gasteiger partial charge on any atom is -0.335 e. The Bertz CT molecular complexity index is 605. The lowest BCUT2D eigenvalue weighted by atomic mass is 10.00. The number of aryl methyl sites for hydroxylation is 2. The molecule has 7 heteroatoms. The molecule has 0 aromatic carbocycles. The maximum atomic E-state index is 12.4. The zero-order chi connectivity index (χ0) is 14.5. The van der Waals surface area contributed by atoms with Gasteiger partial charge in [-0.05, 0) is 31.9 Å². The van der Waals surface area contributed by atoms with Crippen LogP contribution in [0.15, 0.2) is 6.07 Å². The van der Waals surface area contributed by atoms with Gasteiger partial charge in [0, 0.05) is 11.4 Å². The molecule has 106 valence electrons. The van der Waals surface area contributed by atoms with Crippen LogP contribution in [0.5, 0.6) is 0 Å². The van der Waals surface area contributed by atoms with Gasteiger partial charge in [-0.1, -0.05) is 0 Å². The van der Waals surface area contributed by atoms with Gasteiger partial charge in [0.15, 0.2) is 0 Å². The fourth-order valence-electron chi connectivity index (χ4n) is 2.63. The number of amides is 4. The van der Waals surface area contributed by atoms with Crippen LogP contribution in [0.4, 0.5) is 4.79 Å². The van der Waals surface area contributed by atoms with Gasteiger partial charge >= 0.3 is 6.03 Å². The van der Waals surface area contributed by atoms with E-state index in [0.29, 0.717) is 17.8 Å². The molecule has 20 heavy (non-hydrogen) atoms. The second-order valence-electron chi connectivity index (χ2n) is 5.32. The summed E-state index contributed by atoms with van der Waals surface area (Å²) in [5.74, 6) is -0.409. The summed E-state index contributed by atoms with van der Waals surface area (Å²) in [6.07, 6.45) is 0.458. The fraction of sp³-hybridized carbons (Fsp3) is 0.462. The van der Waals surface area contributed by atoms with Crippen LogP contribution in [0.25, 0.3) is 0 Å². The third-order valence-corrected chi connectivity index (χ3v) is 5.09. The summed E-state index contributed by atoms with van der Waals surface area (Å²) < 4.78 is 0. The molecular weight excluding hydrogens is 278 g/mol. The van der Waals surface area contributed by atoms with Crippen molar-refractivity contribution in [2.24, 2.45) is 0 Å². The first kappa shape index (κ1) is 13.1. The number of hydrogen-bond donors (Lipinski definition) is 2. The number of likely N-dealkylation sites (tertiary alicyclic amines) is 1. The Kier molecular flexibility index (Phi) is 2.82. The summed E-state index contributed by atoms with van der Waals surface area (Å²) in [5.41, 5.74) is 0.160. The van der Waals surface area contributed by atoms with Gasteiger partial charge in [0.1, 0.15) is 5.54 Å². The number of nitrogens with zero attached hydrogens (tertiary/aromatic N) is 1. The average Bonchev–Trinajstić information content (AvgIpc) is 3.02. The number of urea groups is 1. The molecule has 3 rings (SSSR count). The number of carbonyl (C=O) groups is 3. The molecule has 0 saturated carbocycles. The molecule has 4 amide bonds. The van der Waals surface area contributed by atoms with E-state index in [-0.39, 0.29) is 18.4 Å². The monoisotopic (exact) mass is 293 g/mol. The van der Waals surface area contributed by atoms with Gasteiger partial charge in [0.05, 0.1) is 11.4 Å². The minimum atomic E-state index is -0.936. The second-order valence-corrected chi connectivity index (χ2v) is 6.57. The molecule has 2 fully saturated rings. The Hall–Kier alpha value is -1.89. The van der Waals surface area contributed by atoms with Crippen LogP contribution in [-0.2, 0) is 4.79 Å². The summed E-state index contributed by atoms with van der Waals surface area (Å²) in [6.45, 7) is 4.66. The van der Waals surface area contributed by atoms with E-state index in [1.807, 2.05) is 19.9 Å². The van der Waals surface area contributed by atoms with E-state index in [2.05, 4.69) is 10.6 Å². The Labute approximate surface area is 120 Å². The Morgan fingerprint density at radius 1 is 1.40 bits per heavy atom. The van der Waals surface area contributed by atoms with Crippen molar-refractivity contribution >= 4 is 29.2 Å². The molecule has 0 aliphatic carbocycles. The molecule has 1 spiro atoms. The predicted octanol–water partition coefficient (Wildman–Crippen LogP) is 0.789. The lowest BCUT2D eigenvalue weighted by molar-refractivity contribution is -0.123. The highest BCUT2D eigenvalue weighted by Crippen LogP contribution is 2.28.